The van der Waals surface area contributed by atoms with Gasteiger partial charge in [-0.1, -0.05) is 47.0 Å². The first-order chi connectivity index (χ1) is 6.67. The van der Waals surface area contributed by atoms with E-state index in [9.17, 15) is 0 Å². The lowest BCUT2D eigenvalue weighted by Crippen LogP contribution is -2.12. The third kappa shape index (κ3) is 3.29. The second-order valence-corrected chi connectivity index (χ2v) is 5.61. The quantitative estimate of drug-likeness (QED) is 0.564. The summed E-state index contributed by atoms with van der Waals surface area (Å²) in [5.74, 6) is 3.99. The molecule has 1 fully saturated rings. The monoisotopic (exact) mass is 196 g/mol. The Morgan fingerprint density at radius 1 is 1.00 bits per heavy atom. The van der Waals surface area contributed by atoms with Crippen LogP contribution >= 0.6 is 0 Å². The largest absolute Gasteiger partial charge is 0.0654 e. The Balaban J connectivity index is 2.54. The molecule has 0 aromatic carbocycles. The zero-order valence-corrected chi connectivity index (χ0v) is 10.6. The Morgan fingerprint density at radius 2 is 1.71 bits per heavy atom. The zero-order chi connectivity index (χ0) is 10.6. The van der Waals surface area contributed by atoms with Crippen LogP contribution in [0.2, 0.25) is 0 Å². The van der Waals surface area contributed by atoms with E-state index in [-0.39, 0.29) is 0 Å². The Bertz CT molecular complexity index is 150. The SMILES string of the molecule is CCCC1CC(C)CC(CC)CC1C. The first-order valence-electron chi connectivity index (χ1n) is 6.67. The van der Waals surface area contributed by atoms with Crippen molar-refractivity contribution in [1.29, 1.82) is 0 Å². The van der Waals surface area contributed by atoms with Crippen molar-refractivity contribution in [2.75, 3.05) is 0 Å². The maximum Gasteiger partial charge on any atom is -0.0386 e. The summed E-state index contributed by atoms with van der Waals surface area (Å²) in [6, 6.07) is 0. The van der Waals surface area contributed by atoms with Crippen molar-refractivity contribution in [1.82, 2.24) is 0 Å². The molecule has 84 valence electrons. The van der Waals surface area contributed by atoms with E-state index in [4.69, 9.17) is 0 Å². The normalized spacial score (nSPS) is 39.4. The number of hydrogen-bond donors (Lipinski definition) is 0. The third-order valence-electron chi connectivity index (χ3n) is 4.19. The third-order valence-corrected chi connectivity index (χ3v) is 4.19. The van der Waals surface area contributed by atoms with Crippen molar-refractivity contribution < 1.29 is 0 Å². The summed E-state index contributed by atoms with van der Waals surface area (Å²) in [4.78, 5) is 0. The van der Waals surface area contributed by atoms with Crippen LogP contribution in [-0.4, -0.2) is 0 Å². The van der Waals surface area contributed by atoms with Gasteiger partial charge in [-0.05, 0) is 42.9 Å². The Labute approximate surface area is 90.5 Å². The van der Waals surface area contributed by atoms with Gasteiger partial charge in [-0.2, -0.15) is 0 Å². The highest BCUT2D eigenvalue weighted by Crippen LogP contribution is 2.38. The van der Waals surface area contributed by atoms with Crippen LogP contribution in [-0.2, 0) is 0 Å². The Kier molecular flexibility index (Phi) is 4.98. The minimum Gasteiger partial charge on any atom is -0.0654 e. The van der Waals surface area contributed by atoms with Gasteiger partial charge in [-0.15, -0.1) is 0 Å². The summed E-state index contributed by atoms with van der Waals surface area (Å²) in [6.07, 6.45) is 8.70. The van der Waals surface area contributed by atoms with Crippen molar-refractivity contribution in [2.24, 2.45) is 23.7 Å². The molecule has 14 heavy (non-hydrogen) atoms. The fourth-order valence-electron chi connectivity index (χ4n) is 3.34. The Hall–Kier alpha value is 0. The lowest BCUT2D eigenvalue weighted by atomic mass is 9.83. The lowest BCUT2D eigenvalue weighted by molar-refractivity contribution is 0.284. The zero-order valence-electron chi connectivity index (χ0n) is 10.6. The molecule has 0 heterocycles. The molecule has 0 bridgehead atoms. The molecule has 0 N–H and O–H groups in total. The predicted octanol–water partition coefficient (Wildman–Crippen LogP) is 4.89. The van der Waals surface area contributed by atoms with Crippen LogP contribution in [0.15, 0.2) is 0 Å². The maximum absolute atomic E-state index is 2.49. The van der Waals surface area contributed by atoms with Crippen LogP contribution in [0, 0.1) is 23.7 Å². The summed E-state index contributed by atoms with van der Waals surface area (Å²) in [6.45, 7) is 9.65. The van der Waals surface area contributed by atoms with Gasteiger partial charge < -0.3 is 0 Å². The van der Waals surface area contributed by atoms with E-state index in [0.29, 0.717) is 0 Å². The molecular weight excluding hydrogens is 168 g/mol. The minimum atomic E-state index is 0.974. The second-order valence-electron chi connectivity index (χ2n) is 5.61. The number of hydrogen-bond acceptors (Lipinski definition) is 0. The van der Waals surface area contributed by atoms with Crippen LogP contribution in [0.5, 0.6) is 0 Å². The van der Waals surface area contributed by atoms with Crippen LogP contribution in [0.4, 0.5) is 0 Å². The van der Waals surface area contributed by atoms with E-state index in [2.05, 4.69) is 27.7 Å². The molecule has 0 aromatic rings. The van der Waals surface area contributed by atoms with Crippen LogP contribution in [0.3, 0.4) is 0 Å². The second kappa shape index (κ2) is 5.78. The van der Waals surface area contributed by atoms with Crippen LogP contribution < -0.4 is 0 Å². The van der Waals surface area contributed by atoms with Gasteiger partial charge in [-0.25, -0.2) is 0 Å². The van der Waals surface area contributed by atoms with Gasteiger partial charge in [0.25, 0.3) is 0 Å². The molecule has 0 amide bonds. The molecule has 1 saturated carbocycles. The van der Waals surface area contributed by atoms with E-state index in [0.717, 1.165) is 23.7 Å². The number of rotatable bonds is 3. The Morgan fingerprint density at radius 3 is 2.29 bits per heavy atom. The molecule has 0 radical (unpaired) electrons. The van der Waals surface area contributed by atoms with Crippen molar-refractivity contribution >= 4 is 0 Å². The van der Waals surface area contributed by atoms with Gasteiger partial charge in [0.05, 0.1) is 0 Å². The highest BCUT2D eigenvalue weighted by atomic mass is 14.3. The maximum atomic E-state index is 2.49. The lowest BCUT2D eigenvalue weighted by Gasteiger charge is -2.22. The molecule has 0 saturated heterocycles. The molecule has 0 aliphatic heterocycles. The molecule has 0 heteroatoms. The fraction of sp³-hybridized carbons (Fsp3) is 1.00. The molecular formula is C14H28. The topological polar surface area (TPSA) is 0 Å². The first-order valence-corrected chi connectivity index (χ1v) is 6.67. The first kappa shape index (κ1) is 12.1. The van der Waals surface area contributed by atoms with Gasteiger partial charge in [0, 0.05) is 0 Å². The van der Waals surface area contributed by atoms with Crippen molar-refractivity contribution in [3.8, 4) is 0 Å². The van der Waals surface area contributed by atoms with Crippen LogP contribution in [0.25, 0.3) is 0 Å². The molecule has 4 unspecified atom stereocenters. The summed E-state index contributed by atoms with van der Waals surface area (Å²) in [5.41, 5.74) is 0. The molecule has 0 nitrogen and oxygen atoms in total. The van der Waals surface area contributed by atoms with Gasteiger partial charge >= 0.3 is 0 Å². The predicted molar refractivity (Wildman–Crippen MR) is 64.4 cm³/mol. The van der Waals surface area contributed by atoms with Crippen molar-refractivity contribution in [3.63, 3.8) is 0 Å². The van der Waals surface area contributed by atoms with Gasteiger partial charge in [-0.3, -0.25) is 0 Å². The highest BCUT2D eigenvalue weighted by molar-refractivity contribution is 4.78. The summed E-state index contributed by atoms with van der Waals surface area (Å²) >= 11 is 0. The molecule has 1 aliphatic rings. The van der Waals surface area contributed by atoms with Crippen LogP contribution in [0.1, 0.15) is 66.2 Å². The highest BCUT2D eigenvalue weighted by Gasteiger charge is 2.27. The molecule has 0 spiro atoms. The van der Waals surface area contributed by atoms with E-state index in [1.807, 2.05) is 0 Å². The van der Waals surface area contributed by atoms with E-state index in [1.165, 1.54) is 38.5 Å². The van der Waals surface area contributed by atoms with Crippen molar-refractivity contribution in [3.05, 3.63) is 0 Å². The van der Waals surface area contributed by atoms with Crippen molar-refractivity contribution in [2.45, 2.75) is 66.2 Å². The fourth-order valence-corrected chi connectivity index (χ4v) is 3.34. The molecule has 4 atom stereocenters. The van der Waals surface area contributed by atoms with E-state index in [1.54, 1.807) is 0 Å². The molecule has 1 aliphatic carbocycles. The molecule has 1 rings (SSSR count). The van der Waals surface area contributed by atoms with E-state index < -0.39 is 0 Å². The van der Waals surface area contributed by atoms with Gasteiger partial charge in [0.1, 0.15) is 0 Å². The standard InChI is InChI=1S/C14H28/c1-5-7-14-9-11(3)8-13(6-2)10-12(14)4/h11-14H,5-10H2,1-4H3. The summed E-state index contributed by atoms with van der Waals surface area (Å²) < 4.78 is 0. The average molecular weight is 196 g/mol. The summed E-state index contributed by atoms with van der Waals surface area (Å²) in [7, 11) is 0. The summed E-state index contributed by atoms with van der Waals surface area (Å²) in [5, 5.41) is 0. The average Bonchev–Trinajstić information content (AvgIpc) is 2.27. The van der Waals surface area contributed by atoms with Gasteiger partial charge in [0.15, 0.2) is 0 Å². The molecule has 0 aromatic heterocycles. The minimum absolute atomic E-state index is 0.974. The van der Waals surface area contributed by atoms with E-state index >= 15 is 0 Å². The smallest absolute Gasteiger partial charge is 0.0386 e. The van der Waals surface area contributed by atoms with Gasteiger partial charge in [0.2, 0.25) is 0 Å².